The lowest BCUT2D eigenvalue weighted by Crippen LogP contribution is -2.10. The van der Waals surface area contributed by atoms with Gasteiger partial charge in [0.25, 0.3) is 0 Å². The molecule has 5 nitrogen and oxygen atoms in total. The maximum Gasteiger partial charge on any atom is 0.354 e. The van der Waals surface area contributed by atoms with Crippen LogP contribution < -0.4 is 5.32 Å². The van der Waals surface area contributed by atoms with E-state index in [0.717, 1.165) is 23.0 Å². The molecule has 0 spiro atoms. The van der Waals surface area contributed by atoms with Gasteiger partial charge < -0.3 is 15.0 Å². The Balaban J connectivity index is 2.21. The summed E-state index contributed by atoms with van der Waals surface area (Å²) in [6.07, 6.45) is 1.31. The molecule has 0 bridgehead atoms. The van der Waals surface area contributed by atoms with E-state index in [9.17, 15) is 9.59 Å². The van der Waals surface area contributed by atoms with Crippen LogP contribution in [0.25, 0.3) is 10.9 Å². The molecule has 0 saturated heterocycles. The van der Waals surface area contributed by atoms with E-state index in [1.54, 1.807) is 19.1 Å². The minimum absolute atomic E-state index is 0.00648. The first-order valence-corrected chi connectivity index (χ1v) is 6.73. The van der Waals surface area contributed by atoms with Crippen molar-refractivity contribution in [3.8, 4) is 0 Å². The van der Waals surface area contributed by atoms with Crippen LogP contribution in [0.4, 0.5) is 5.69 Å². The Morgan fingerprint density at radius 2 is 2.05 bits per heavy atom. The Labute approximate surface area is 117 Å². The normalized spacial score (nSPS) is 10.5. The number of fused-ring (bicyclic) bond motifs is 1. The van der Waals surface area contributed by atoms with Crippen LogP contribution in [0.15, 0.2) is 24.3 Å². The Morgan fingerprint density at radius 1 is 1.25 bits per heavy atom. The minimum Gasteiger partial charge on any atom is -0.461 e. The molecule has 2 N–H and O–H groups in total. The molecule has 1 heterocycles. The van der Waals surface area contributed by atoms with Gasteiger partial charge in [-0.1, -0.05) is 6.92 Å². The van der Waals surface area contributed by atoms with Crippen molar-refractivity contribution in [3.63, 3.8) is 0 Å². The van der Waals surface area contributed by atoms with Crippen LogP contribution >= 0.6 is 0 Å². The zero-order valence-electron chi connectivity index (χ0n) is 11.7. The average molecular weight is 274 g/mol. The predicted octanol–water partition coefficient (Wildman–Crippen LogP) is 3.08. The molecule has 1 aromatic heterocycles. The molecule has 0 fully saturated rings. The third-order valence-corrected chi connectivity index (χ3v) is 2.88. The third-order valence-electron chi connectivity index (χ3n) is 2.88. The van der Waals surface area contributed by atoms with Crippen molar-refractivity contribution >= 4 is 28.5 Å². The summed E-state index contributed by atoms with van der Waals surface area (Å²) < 4.78 is 4.94. The maximum absolute atomic E-state index is 11.6. The Kier molecular flexibility index (Phi) is 4.40. The number of hydrogen-bond acceptors (Lipinski definition) is 3. The highest BCUT2D eigenvalue weighted by Gasteiger charge is 2.10. The van der Waals surface area contributed by atoms with Crippen molar-refractivity contribution in [2.75, 3.05) is 11.9 Å². The molecule has 0 aliphatic carbocycles. The molecule has 1 amide bonds. The summed E-state index contributed by atoms with van der Waals surface area (Å²) in [6, 6.07) is 7.20. The number of ether oxygens (including phenoxy) is 1. The zero-order chi connectivity index (χ0) is 14.5. The van der Waals surface area contributed by atoms with Crippen molar-refractivity contribution in [3.05, 3.63) is 30.0 Å². The molecule has 0 aliphatic rings. The van der Waals surface area contributed by atoms with Crippen LogP contribution in [0.2, 0.25) is 0 Å². The summed E-state index contributed by atoms with van der Waals surface area (Å²) in [6.45, 7) is 4.06. The van der Waals surface area contributed by atoms with E-state index in [1.165, 1.54) is 0 Å². The molecule has 0 saturated carbocycles. The monoisotopic (exact) mass is 274 g/mol. The van der Waals surface area contributed by atoms with Crippen molar-refractivity contribution < 1.29 is 14.3 Å². The lowest BCUT2D eigenvalue weighted by atomic mass is 10.2. The number of benzene rings is 1. The molecule has 1 aromatic carbocycles. The van der Waals surface area contributed by atoms with E-state index in [2.05, 4.69) is 10.3 Å². The number of hydrogen-bond donors (Lipinski definition) is 2. The van der Waals surface area contributed by atoms with Gasteiger partial charge in [-0.3, -0.25) is 4.79 Å². The maximum atomic E-state index is 11.6. The molecule has 2 aromatic rings. The number of anilines is 1. The molecule has 0 aliphatic heterocycles. The fourth-order valence-corrected chi connectivity index (χ4v) is 1.98. The quantitative estimate of drug-likeness (QED) is 0.823. The summed E-state index contributed by atoms with van der Waals surface area (Å²) in [5.41, 5.74) is 1.98. The summed E-state index contributed by atoms with van der Waals surface area (Å²) in [5, 5.41) is 3.69. The second-order valence-electron chi connectivity index (χ2n) is 4.50. The second kappa shape index (κ2) is 6.23. The molecule has 20 heavy (non-hydrogen) atoms. The van der Waals surface area contributed by atoms with Gasteiger partial charge >= 0.3 is 5.97 Å². The molecule has 0 atom stereocenters. The van der Waals surface area contributed by atoms with E-state index >= 15 is 0 Å². The topological polar surface area (TPSA) is 71.2 Å². The first-order chi connectivity index (χ1) is 9.63. The minimum atomic E-state index is -0.375. The predicted molar refractivity (Wildman–Crippen MR) is 77.8 cm³/mol. The fraction of sp³-hybridized carbons (Fsp3) is 0.333. The van der Waals surface area contributed by atoms with Crippen LogP contribution in [0.3, 0.4) is 0 Å². The Hall–Kier alpha value is -2.30. The number of nitrogens with one attached hydrogen (secondary N) is 2. The largest absolute Gasteiger partial charge is 0.461 e. The first-order valence-electron chi connectivity index (χ1n) is 6.73. The van der Waals surface area contributed by atoms with Crippen molar-refractivity contribution in [1.29, 1.82) is 0 Å². The van der Waals surface area contributed by atoms with Crippen LogP contribution in [0, 0.1) is 0 Å². The summed E-state index contributed by atoms with van der Waals surface area (Å²) >= 11 is 0. The molecule has 0 unspecified atom stereocenters. The van der Waals surface area contributed by atoms with E-state index in [4.69, 9.17) is 4.74 Å². The van der Waals surface area contributed by atoms with Gasteiger partial charge in [-0.2, -0.15) is 0 Å². The standard InChI is InChI=1S/C15H18N2O3/c1-3-5-14(18)16-11-6-7-12-10(8-11)9-13(17-12)15(19)20-4-2/h6-9,17H,3-5H2,1-2H3,(H,16,18). The summed E-state index contributed by atoms with van der Waals surface area (Å²) in [5.74, 6) is -0.381. The van der Waals surface area contributed by atoms with Gasteiger partial charge in [0.2, 0.25) is 5.91 Å². The highest BCUT2D eigenvalue weighted by Crippen LogP contribution is 2.20. The fourth-order valence-electron chi connectivity index (χ4n) is 1.98. The average Bonchev–Trinajstić information content (AvgIpc) is 2.82. The molecule has 106 valence electrons. The van der Waals surface area contributed by atoms with Crippen LogP contribution in [-0.4, -0.2) is 23.5 Å². The number of aromatic nitrogens is 1. The van der Waals surface area contributed by atoms with Crippen molar-refractivity contribution in [1.82, 2.24) is 4.98 Å². The summed E-state index contributed by atoms with van der Waals surface area (Å²) in [4.78, 5) is 26.2. The lowest BCUT2D eigenvalue weighted by molar-refractivity contribution is -0.116. The smallest absolute Gasteiger partial charge is 0.354 e. The Bertz CT molecular complexity index is 631. The van der Waals surface area contributed by atoms with Crippen molar-refractivity contribution in [2.45, 2.75) is 26.7 Å². The van der Waals surface area contributed by atoms with E-state index in [-0.39, 0.29) is 11.9 Å². The van der Waals surface area contributed by atoms with Gasteiger partial charge in [-0.25, -0.2) is 4.79 Å². The Morgan fingerprint density at radius 3 is 2.75 bits per heavy atom. The number of carbonyl (C=O) groups excluding carboxylic acids is 2. The van der Waals surface area contributed by atoms with Gasteiger partial charge in [0.1, 0.15) is 5.69 Å². The molecule has 0 radical (unpaired) electrons. The van der Waals surface area contributed by atoms with Gasteiger partial charge in [0.05, 0.1) is 6.61 Å². The van der Waals surface area contributed by atoms with Crippen molar-refractivity contribution in [2.24, 2.45) is 0 Å². The van der Waals surface area contributed by atoms with Gasteiger partial charge in [0, 0.05) is 23.0 Å². The first kappa shape index (κ1) is 14.1. The number of amides is 1. The van der Waals surface area contributed by atoms with E-state index in [1.807, 2.05) is 19.1 Å². The lowest BCUT2D eigenvalue weighted by Gasteiger charge is -2.03. The van der Waals surface area contributed by atoms with Gasteiger partial charge in [-0.05, 0) is 37.6 Å². The molecule has 5 heteroatoms. The molecule has 2 rings (SSSR count). The molecular weight excluding hydrogens is 256 g/mol. The molecular formula is C15H18N2O3. The number of H-pyrrole nitrogens is 1. The van der Waals surface area contributed by atoms with E-state index in [0.29, 0.717) is 18.7 Å². The summed E-state index contributed by atoms with van der Waals surface area (Å²) in [7, 11) is 0. The number of carbonyl (C=O) groups is 2. The van der Waals surface area contributed by atoms with Crippen LogP contribution in [-0.2, 0) is 9.53 Å². The van der Waals surface area contributed by atoms with Gasteiger partial charge in [-0.15, -0.1) is 0 Å². The SMILES string of the molecule is CCCC(=O)Nc1ccc2[nH]c(C(=O)OCC)cc2c1. The number of rotatable bonds is 5. The second-order valence-corrected chi connectivity index (χ2v) is 4.50. The van der Waals surface area contributed by atoms with Crippen LogP contribution in [0.1, 0.15) is 37.2 Å². The van der Waals surface area contributed by atoms with E-state index < -0.39 is 0 Å². The van der Waals surface area contributed by atoms with Crippen LogP contribution in [0.5, 0.6) is 0 Å². The zero-order valence-corrected chi connectivity index (χ0v) is 11.7. The highest BCUT2D eigenvalue weighted by atomic mass is 16.5. The van der Waals surface area contributed by atoms with Gasteiger partial charge in [0.15, 0.2) is 0 Å². The highest BCUT2D eigenvalue weighted by molar-refractivity contribution is 5.97. The third kappa shape index (κ3) is 3.17. The number of aromatic amines is 1. The number of esters is 1.